The summed E-state index contributed by atoms with van der Waals surface area (Å²) in [5.41, 5.74) is 4.50. The molecule has 0 saturated heterocycles. The van der Waals surface area contributed by atoms with Gasteiger partial charge in [0.15, 0.2) is 0 Å². The summed E-state index contributed by atoms with van der Waals surface area (Å²) in [7, 11) is 1.50. The molecule has 0 atom stereocenters. The molecule has 0 aliphatic rings. The summed E-state index contributed by atoms with van der Waals surface area (Å²) in [5.74, 6) is 0. The van der Waals surface area contributed by atoms with Crippen LogP contribution in [0.3, 0.4) is 0 Å². The second-order valence-electron chi connectivity index (χ2n) is 3.28. The Morgan fingerprint density at radius 1 is 0.962 bits per heavy atom. The van der Waals surface area contributed by atoms with E-state index in [0.717, 1.165) is 17.7 Å². The predicted octanol–water partition coefficient (Wildman–Crippen LogP) is 2.55. The van der Waals surface area contributed by atoms with Gasteiger partial charge < -0.3 is 39.9 Å². The minimum Gasteiger partial charge on any atom is -0.333 e. The molecule has 0 radical (unpaired) electrons. The van der Waals surface area contributed by atoms with Gasteiger partial charge in [-0.3, -0.25) is 0 Å². The molecule has 8 nitrogen and oxygen atoms in total. The Hall–Kier alpha value is 0.200. The first-order valence-electron chi connectivity index (χ1n) is 6.09. The zero-order valence-corrected chi connectivity index (χ0v) is 17.3. The van der Waals surface area contributed by atoms with Gasteiger partial charge in [-0.15, -0.1) is 0 Å². The summed E-state index contributed by atoms with van der Waals surface area (Å²) >= 11 is 12.7. The zero-order chi connectivity index (χ0) is 20.2. The Morgan fingerprint density at radius 2 is 1.23 bits per heavy atom. The van der Waals surface area contributed by atoms with E-state index in [-0.39, 0.29) is 14.9 Å². The maximum absolute atomic E-state index is 9.40. The first kappa shape index (κ1) is 40.8. The van der Waals surface area contributed by atoms with Crippen molar-refractivity contribution < 1.29 is 34.2 Å². The molecule has 0 bridgehead atoms. The Labute approximate surface area is 171 Å². The molecule has 13 heteroatoms. The van der Waals surface area contributed by atoms with Gasteiger partial charge in [-0.05, 0) is 49.2 Å². The molecule has 8 N–H and O–H groups in total. The fourth-order valence-electron chi connectivity index (χ4n) is 0.533. The van der Waals surface area contributed by atoms with Crippen LogP contribution in [0.1, 0.15) is 34.6 Å². The van der Waals surface area contributed by atoms with Crippen LogP contribution in [0.25, 0.3) is 0 Å². The minimum absolute atomic E-state index is 0. The number of rotatable bonds is 2. The van der Waals surface area contributed by atoms with Crippen LogP contribution in [0.15, 0.2) is 30.3 Å². The number of benzene rings is 1. The fraction of sp³-hybridized carbons (Fsp3) is 0.462. The average Bonchev–Trinajstić information content (AvgIpc) is 2.40. The van der Waals surface area contributed by atoms with Gasteiger partial charge in [0.2, 0.25) is 0 Å². The van der Waals surface area contributed by atoms with Crippen molar-refractivity contribution in [1.82, 2.24) is 0 Å². The summed E-state index contributed by atoms with van der Waals surface area (Å²) in [4.78, 5) is 54.8. The third-order valence-electron chi connectivity index (χ3n) is 1.14. The molecule has 0 heterocycles. The molecule has 1 aromatic rings. The lowest BCUT2D eigenvalue weighted by Gasteiger charge is -1.88. The Morgan fingerprint density at radius 3 is 1.31 bits per heavy atom. The van der Waals surface area contributed by atoms with Crippen LogP contribution >= 0.6 is 25.0 Å². The molecule has 0 aliphatic carbocycles. The molecule has 0 amide bonds. The van der Waals surface area contributed by atoms with E-state index in [1.807, 2.05) is 37.3 Å². The first-order chi connectivity index (χ1) is 10.8. The van der Waals surface area contributed by atoms with Gasteiger partial charge in [-0.1, -0.05) is 51.6 Å². The van der Waals surface area contributed by atoms with Gasteiger partial charge in [-0.2, -0.15) is 0 Å². The van der Waals surface area contributed by atoms with Crippen LogP contribution in [0.4, 0.5) is 0 Å². The molecule has 0 unspecified atom stereocenters. The maximum Gasteiger partial charge on any atom is 0.319 e. The third kappa shape index (κ3) is 125. The smallest absolute Gasteiger partial charge is 0.319 e. The highest BCUT2D eigenvalue weighted by Gasteiger charge is 1.92. The molecule has 0 fully saturated rings. The Balaban J connectivity index is -0.0000000491. The van der Waals surface area contributed by atoms with Crippen LogP contribution in [-0.4, -0.2) is 42.7 Å². The van der Waals surface area contributed by atoms with E-state index >= 15 is 0 Å². The largest absolute Gasteiger partial charge is 0.333 e. The van der Waals surface area contributed by atoms with Crippen molar-refractivity contribution in [3.63, 3.8) is 0 Å². The van der Waals surface area contributed by atoms with Gasteiger partial charge in [0.25, 0.3) is 0 Å². The normalized spacial score (nSPS) is 8.54. The van der Waals surface area contributed by atoms with Crippen molar-refractivity contribution in [3.05, 3.63) is 35.4 Å². The van der Waals surface area contributed by atoms with Crippen molar-refractivity contribution in [2.75, 3.05) is 7.05 Å². The lowest BCUT2D eigenvalue weighted by atomic mass is 10.4. The molecule has 0 saturated carbocycles. The topological polar surface area (TPSA) is 164 Å². The van der Waals surface area contributed by atoms with E-state index in [1.165, 1.54) is 7.05 Å². The van der Waals surface area contributed by atoms with Crippen LogP contribution in [0.2, 0.25) is 5.02 Å². The first-order valence-corrected chi connectivity index (χ1v) is 11.8. The highest BCUT2D eigenvalue weighted by atomic mass is 35.5. The summed E-state index contributed by atoms with van der Waals surface area (Å²) < 4.78 is 0. The van der Waals surface area contributed by atoms with Crippen LogP contribution in [0, 0.1) is 0 Å². The molecule has 160 valence electrons. The number of unbranched alkanes of at least 4 members (excludes halogenated alkanes) is 1. The minimum atomic E-state index is -3.81. The second-order valence-corrected chi connectivity index (χ2v) is 8.71. The van der Waals surface area contributed by atoms with E-state index in [4.69, 9.17) is 41.0 Å². The van der Waals surface area contributed by atoms with E-state index in [0.29, 0.717) is 6.42 Å². The molecule has 26 heavy (non-hydrogen) atoms. The molecular weight excluding hydrogens is 444 g/mol. The molecule has 0 spiro atoms. The number of nitrogens with two attached hydrogens (primary N) is 1. The highest BCUT2D eigenvalue weighted by Crippen LogP contribution is 2.26. The number of carbonyl (C=O) groups excluding carboxylic acids is 1. The number of hydrogen-bond donors (Lipinski definition) is 7. The number of carbonyl (C=O) groups is 1. The fourth-order valence-corrected chi connectivity index (χ4v) is 0.678. The van der Waals surface area contributed by atoms with Crippen molar-refractivity contribution in [2.24, 2.45) is 5.73 Å². The van der Waals surface area contributed by atoms with Gasteiger partial charge in [0.05, 0.1) is 0 Å². The summed E-state index contributed by atoms with van der Waals surface area (Å²) in [6.07, 6.45) is 2.61. The van der Waals surface area contributed by atoms with E-state index in [1.54, 1.807) is 0 Å². The van der Waals surface area contributed by atoms with Gasteiger partial charge in [-0.25, -0.2) is 0 Å². The monoisotopic (exact) mass is 475 g/mol. The Kier molecular flexibility index (Phi) is 43.0. The molecule has 1 aromatic carbocycles. The van der Waals surface area contributed by atoms with Crippen molar-refractivity contribution >= 4 is 54.9 Å². The zero-order valence-electron chi connectivity index (χ0n) is 13.1. The van der Waals surface area contributed by atoms with E-state index in [9.17, 15) is 4.79 Å². The van der Waals surface area contributed by atoms with Crippen LogP contribution in [-0.2, 0) is 28.4 Å². The van der Waals surface area contributed by atoms with Crippen molar-refractivity contribution in [1.29, 1.82) is 0 Å². The quantitative estimate of drug-likeness (QED) is 0.249. The summed E-state index contributed by atoms with van der Waals surface area (Å²) in [6.45, 7) is -5.63. The SMILES string of the molecule is C.C.CCCC=O.CN.Clc1ccccc1.OP(O)(O)=S.OP(O)(O)=S. The predicted molar refractivity (Wildman–Crippen MR) is 118 cm³/mol. The molecule has 0 aliphatic heterocycles. The van der Waals surface area contributed by atoms with Crippen molar-refractivity contribution in [2.45, 2.75) is 34.6 Å². The number of aldehydes is 1. The van der Waals surface area contributed by atoms with E-state index < -0.39 is 13.4 Å². The van der Waals surface area contributed by atoms with Crippen LogP contribution in [0.5, 0.6) is 0 Å². The summed E-state index contributed by atoms with van der Waals surface area (Å²) in [6, 6.07) is 9.44. The summed E-state index contributed by atoms with van der Waals surface area (Å²) in [5, 5.41) is 0.794. The molecule has 0 aromatic heterocycles. The lowest BCUT2D eigenvalue weighted by Crippen LogP contribution is -1.69. The van der Waals surface area contributed by atoms with Crippen molar-refractivity contribution in [3.8, 4) is 0 Å². The van der Waals surface area contributed by atoms with Gasteiger partial charge >= 0.3 is 13.4 Å². The molecule has 1 rings (SSSR count). The second kappa shape index (κ2) is 27.4. The third-order valence-corrected chi connectivity index (χ3v) is 1.39. The van der Waals surface area contributed by atoms with Gasteiger partial charge in [0, 0.05) is 11.4 Å². The lowest BCUT2D eigenvalue weighted by molar-refractivity contribution is -0.107. The number of hydrogen-bond acceptors (Lipinski definition) is 4. The molecular formula is C13H32ClNO7P2S2. The average molecular weight is 476 g/mol. The Bertz CT molecular complexity index is 436. The maximum atomic E-state index is 9.40. The highest BCUT2D eigenvalue weighted by molar-refractivity contribution is 8.06. The van der Waals surface area contributed by atoms with Crippen LogP contribution < -0.4 is 5.73 Å². The number of halogens is 1. The van der Waals surface area contributed by atoms with E-state index in [2.05, 4.69) is 29.3 Å². The van der Waals surface area contributed by atoms with Gasteiger partial charge in [0.1, 0.15) is 6.29 Å². The standard InChI is InChI=1S/C6H5Cl.C4H8O.CH5N.2CH4.2H3O3PS/c7-6-4-2-1-3-5-6;1-2-3-4-5;1-2;;;2*1-4(2,3)5/h1-5H;4H,2-3H2,1H3;2H2,1H3;2*1H4;2*(H3,1,2,3,5).